The Labute approximate surface area is 106 Å². The highest BCUT2D eigenvalue weighted by atomic mass is 16.4. The van der Waals surface area contributed by atoms with Gasteiger partial charge in [-0.15, -0.1) is 6.58 Å². The fourth-order valence-electron chi connectivity index (χ4n) is 2.13. The lowest BCUT2D eigenvalue weighted by atomic mass is 10.2. The number of likely N-dealkylation sites (tertiary alicyclic amines) is 1. The summed E-state index contributed by atoms with van der Waals surface area (Å²) in [6.07, 6.45) is 1.72. The molecule has 6 nitrogen and oxygen atoms in total. The van der Waals surface area contributed by atoms with E-state index in [2.05, 4.69) is 6.58 Å². The number of rotatable bonds is 5. The molecule has 0 radical (unpaired) electrons. The largest absolute Gasteiger partial charge is 0.480 e. The van der Waals surface area contributed by atoms with Crippen molar-refractivity contribution >= 4 is 12.0 Å². The van der Waals surface area contributed by atoms with Crippen LogP contribution in [-0.4, -0.2) is 63.8 Å². The summed E-state index contributed by atoms with van der Waals surface area (Å²) < 4.78 is 0. The standard InChI is InChI=1S/C12H20N2O4/c1-3-5-13(6-4-2)12(18)14-8-9(15)7-10(14)11(16)17/h3,9-10,15H,1,4-8H2,2H3,(H,16,17)/t9-,10+/m1/s1. The molecule has 0 aliphatic carbocycles. The molecule has 1 fully saturated rings. The molecule has 18 heavy (non-hydrogen) atoms. The van der Waals surface area contributed by atoms with Crippen molar-refractivity contribution in [3.63, 3.8) is 0 Å². The Kier molecular flexibility index (Phi) is 5.15. The Balaban J connectivity index is 2.79. The van der Waals surface area contributed by atoms with E-state index in [1.165, 1.54) is 4.90 Å². The molecule has 0 bridgehead atoms. The third-order valence-electron chi connectivity index (χ3n) is 2.92. The zero-order chi connectivity index (χ0) is 13.7. The molecule has 0 aromatic carbocycles. The van der Waals surface area contributed by atoms with Crippen molar-refractivity contribution < 1.29 is 19.8 Å². The monoisotopic (exact) mass is 256 g/mol. The Morgan fingerprint density at radius 1 is 1.56 bits per heavy atom. The number of amides is 2. The molecule has 1 saturated heterocycles. The smallest absolute Gasteiger partial charge is 0.326 e. The van der Waals surface area contributed by atoms with Crippen LogP contribution in [0, 0.1) is 0 Å². The second-order valence-corrected chi connectivity index (χ2v) is 4.41. The quantitative estimate of drug-likeness (QED) is 0.703. The number of β-amino-alcohol motifs (C(OH)–C–C–N with tert-alkyl or cyclic N) is 1. The van der Waals surface area contributed by atoms with E-state index in [1.807, 2.05) is 6.92 Å². The number of carbonyl (C=O) groups is 2. The predicted octanol–water partition coefficient (Wildman–Crippen LogP) is 0.524. The predicted molar refractivity (Wildman–Crippen MR) is 66.2 cm³/mol. The molecule has 1 rings (SSSR count). The molecule has 0 spiro atoms. The normalized spacial score (nSPS) is 22.9. The summed E-state index contributed by atoms with van der Waals surface area (Å²) in [6.45, 7) is 6.53. The van der Waals surface area contributed by atoms with E-state index < -0.39 is 18.1 Å². The van der Waals surface area contributed by atoms with Crippen LogP contribution in [0.15, 0.2) is 12.7 Å². The lowest BCUT2D eigenvalue weighted by Crippen LogP contribution is -2.48. The average molecular weight is 256 g/mol. The molecule has 0 aromatic rings. The van der Waals surface area contributed by atoms with Gasteiger partial charge in [0.2, 0.25) is 0 Å². The van der Waals surface area contributed by atoms with E-state index in [4.69, 9.17) is 5.11 Å². The highest BCUT2D eigenvalue weighted by molar-refractivity contribution is 5.83. The van der Waals surface area contributed by atoms with E-state index in [9.17, 15) is 14.7 Å². The van der Waals surface area contributed by atoms with Crippen LogP contribution in [0.4, 0.5) is 4.79 Å². The number of nitrogens with zero attached hydrogens (tertiary/aromatic N) is 2. The van der Waals surface area contributed by atoms with Gasteiger partial charge in [0.25, 0.3) is 0 Å². The van der Waals surface area contributed by atoms with Crippen LogP contribution in [0.25, 0.3) is 0 Å². The second kappa shape index (κ2) is 6.39. The van der Waals surface area contributed by atoms with Crippen molar-refractivity contribution in [2.75, 3.05) is 19.6 Å². The van der Waals surface area contributed by atoms with E-state index in [-0.39, 0.29) is 19.0 Å². The lowest BCUT2D eigenvalue weighted by Gasteiger charge is -2.29. The molecule has 2 atom stereocenters. The molecule has 0 aromatic heterocycles. The van der Waals surface area contributed by atoms with Crippen LogP contribution in [0.2, 0.25) is 0 Å². The Morgan fingerprint density at radius 2 is 2.22 bits per heavy atom. The minimum Gasteiger partial charge on any atom is -0.480 e. The van der Waals surface area contributed by atoms with Crippen molar-refractivity contribution in [3.05, 3.63) is 12.7 Å². The molecule has 2 amide bonds. The van der Waals surface area contributed by atoms with Gasteiger partial charge in [-0.3, -0.25) is 0 Å². The van der Waals surface area contributed by atoms with Crippen molar-refractivity contribution in [1.82, 2.24) is 9.80 Å². The van der Waals surface area contributed by atoms with Gasteiger partial charge in [-0.05, 0) is 6.42 Å². The van der Waals surface area contributed by atoms with E-state index in [1.54, 1.807) is 11.0 Å². The van der Waals surface area contributed by atoms with Crippen LogP contribution in [-0.2, 0) is 4.79 Å². The number of hydrogen-bond acceptors (Lipinski definition) is 3. The summed E-state index contributed by atoms with van der Waals surface area (Å²) >= 11 is 0. The SMILES string of the molecule is C=CCN(CCC)C(=O)N1C[C@H](O)C[C@H]1C(=O)O. The van der Waals surface area contributed by atoms with Crippen molar-refractivity contribution in [3.8, 4) is 0 Å². The summed E-state index contributed by atoms with van der Waals surface area (Å²) in [4.78, 5) is 26.0. The first kappa shape index (κ1) is 14.5. The molecule has 1 aliphatic heterocycles. The van der Waals surface area contributed by atoms with Gasteiger partial charge in [-0.25, -0.2) is 9.59 Å². The first-order valence-corrected chi connectivity index (χ1v) is 6.08. The third kappa shape index (κ3) is 3.22. The number of carbonyl (C=O) groups excluding carboxylic acids is 1. The van der Waals surface area contributed by atoms with Crippen molar-refractivity contribution in [2.45, 2.75) is 31.9 Å². The van der Waals surface area contributed by atoms with E-state index in [0.717, 1.165) is 6.42 Å². The Morgan fingerprint density at radius 3 is 2.72 bits per heavy atom. The molecule has 102 valence electrons. The number of aliphatic carboxylic acids is 1. The highest BCUT2D eigenvalue weighted by Gasteiger charge is 2.40. The molecular formula is C12H20N2O4. The van der Waals surface area contributed by atoms with Crippen LogP contribution < -0.4 is 0 Å². The van der Waals surface area contributed by atoms with Gasteiger partial charge in [0.1, 0.15) is 6.04 Å². The summed E-state index contributed by atoms with van der Waals surface area (Å²) in [5.41, 5.74) is 0. The zero-order valence-electron chi connectivity index (χ0n) is 10.6. The maximum Gasteiger partial charge on any atom is 0.326 e. The number of urea groups is 1. The van der Waals surface area contributed by atoms with Gasteiger partial charge < -0.3 is 20.0 Å². The first-order valence-electron chi connectivity index (χ1n) is 6.08. The van der Waals surface area contributed by atoms with Gasteiger partial charge in [0.15, 0.2) is 0 Å². The number of carboxylic acid groups (broad SMARTS) is 1. The number of hydrogen-bond donors (Lipinski definition) is 2. The molecule has 1 aliphatic rings. The number of aliphatic hydroxyl groups excluding tert-OH is 1. The Bertz CT molecular complexity index is 332. The van der Waals surface area contributed by atoms with Crippen LogP contribution in [0.1, 0.15) is 19.8 Å². The fraction of sp³-hybridized carbons (Fsp3) is 0.667. The summed E-state index contributed by atoms with van der Waals surface area (Å²) in [5, 5.41) is 18.6. The topological polar surface area (TPSA) is 81.1 Å². The van der Waals surface area contributed by atoms with Gasteiger partial charge >= 0.3 is 12.0 Å². The lowest BCUT2D eigenvalue weighted by molar-refractivity contribution is -0.141. The van der Waals surface area contributed by atoms with Gasteiger partial charge in [-0.1, -0.05) is 13.0 Å². The summed E-state index contributed by atoms with van der Waals surface area (Å²) in [7, 11) is 0. The molecule has 0 saturated carbocycles. The Hall–Kier alpha value is -1.56. The van der Waals surface area contributed by atoms with Gasteiger partial charge in [0, 0.05) is 26.1 Å². The van der Waals surface area contributed by atoms with Crippen LogP contribution >= 0.6 is 0 Å². The van der Waals surface area contributed by atoms with Crippen molar-refractivity contribution in [1.29, 1.82) is 0 Å². The average Bonchev–Trinajstić information content (AvgIpc) is 2.70. The number of carboxylic acids is 1. The molecule has 6 heteroatoms. The molecule has 2 N–H and O–H groups in total. The maximum absolute atomic E-state index is 12.2. The summed E-state index contributed by atoms with van der Waals surface area (Å²) in [6, 6.07) is -1.28. The van der Waals surface area contributed by atoms with E-state index in [0.29, 0.717) is 13.1 Å². The second-order valence-electron chi connectivity index (χ2n) is 4.41. The van der Waals surface area contributed by atoms with Gasteiger partial charge in [0.05, 0.1) is 6.10 Å². The number of aliphatic hydroxyl groups is 1. The molecule has 1 heterocycles. The van der Waals surface area contributed by atoms with Gasteiger partial charge in [-0.2, -0.15) is 0 Å². The van der Waals surface area contributed by atoms with Crippen molar-refractivity contribution in [2.24, 2.45) is 0 Å². The maximum atomic E-state index is 12.2. The zero-order valence-corrected chi connectivity index (χ0v) is 10.6. The van der Waals surface area contributed by atoms with Crippen LogP contribution in [0.3, 0.4) is 0 Å². The fourth-order valence-corrected chi connectivity index (χ4v) is 2.13. The molecular weight excluding hydrogens is 236 g/mol. The first-order chi connectivity index (χ1) is 8.51. The van der Waals surface area contributed by atoms with E-state index >= 15 is 0 Å². The minimum absolute atomic E-state index is 0.0765. The summed E-state index contributed by atoms with van der Waals surface area (Å²) in [5.74, 6) is -1.07. The third-order valence-corrected chi connectivity index (χ3v) is 2.92. The highest BCUT2D eigenvalue weighted by Crippen LogP contribution is 2.20. The minimum atomic E-state index is -1.07. The van der Waals surface area contributed by atoms with Crippen LogP contribution in [0.5, 0.6) is 0 Å². The molecule has 0 unspecified atom stereocenters.